The summed E-state index contributed by atoms with van der Waals surface area (Å²) in [5, 5.41) is 11.7. The highest BCUT2D eigenvalue weighted by Crippen LogP contribution is 2.15. The van der Waals surface area contributed by atoms with E-state index < -0.39 is 23.7 Å². The number of ether oxygens (including phenoxy) is 1. The van der Waals surface area contributed by atoms with Gasteiger partial charge in [0.2, 0.25) is 0 Å². The number of hydrogen-bond acceptors (Lipinski definition) is 3. The number of alkyl carbamates (subject to hydrolysis) is 1. The van der Waals surface area contributed by atoms with Crippen molar-refractivity contribution in [3.8, 4) is 0 Å². The Morgan fingerprint density at radius 3 is 2.43 bits per heavy atom. The van der Waals surface area contributed by atoms with Gasteiger partial charge in [0.25, 0.3) is 0 Å². The third-order valence-corrected chi connectivity index (χ3v) is 3.13. The van der Waals surface area contributed by atoms with Crippen LogP contribution in [0, 0.1) is 13.8 Å². The molecule has 0 bridgehead atoms. The van der Waals surface area contributed by atoms with Crippen molar-refractivity contribution in [3.63, 3.8) is 0 Å². The van der Waals surface area contributed by atoms with Crippen molar-refractivity contribution >= 4 is 12.1 Å². The van der Waals surface area contributed by atoms with Crippen molar-refractivity contribution < 1.29 is 19.4 Å². The Kier molecular flexibility index (Phi) is 5.35. The van der Waals surface area contributed by atoms with Crippen molar-refractivity contribution in [2.75, 3.05) is 0 Å². The molecule has 1 rings (SSSR count). The van der Waals surface area contributed by atoms with E-state index in [2.05, 4.69) is 5.32 Å². The number of amides is 1. The van der Waals surface area contributed by atoms with Gasteiger partial charge in [0, 0.05) is 6.42 Å². The quantitative estimate of drug-likeness (QED) is 0.895. The number of hydrogen-bond donors (Lipinski definition) is 2. The molecule has 5 heteroatoms. The lowest BCUT2D eigenvalue weighted by atomic mass is 9.98. The molecule has 0 saturated carbocycles. The molecule has 0 unspecified atom stereocenters. The van der Waals surface area contributed by atoms with Gasteiger partial charge in [0.15, 0.2) is 0 Å². The molecule has 1 aromatic carbocycles. The van der Waals surface area contributed by atoms with E-state index >= 15 is 0 Å². The Labute approximate surface area is 125 Å². The number of nitrogens with one attached hydrogen (secondary N) is 1. The van der Waals surface area contributed by atoms with Crippen molar-refractivity contribution in [1.29, 1.82) is 0 Å². The average Bonchev–Trinajstić information content (AvgIpc) is 2.31. The number of benzene rings is 1. The molecule has 0 aliphatic rings. The molecule has 0 spiro atoms. The molecule has 0 heterocycles. The number of aryl methyl sites for hydroxylation is 1. The lowest BCUT2D eigenvalue weighted by Crippen LogP contribution is -2.44. The molecule has 0 aromatic heterocycles. The second kappa shape index (κ2) is 6.61. The molecular weight excluding hydrogens is 270 g/mol. The monoisotopic (exact) mass is 293 g/mol. The van der Waals surface area contributed by atoms with Crippen LogP contribution in [0.25, 0.3) is 0 Å². The molecular formula is C16H23NO4. The van der Waals surface area contributed by atoms with Gasteiger partial charge in [-0.25, -0.2) is 9.59 Å². The molecule has 2 N–H and O–H groups in total. The van der Waals surface area contributed by atoms with E-state index in [0.29, 0.717) is 0 Å². The standard InChI is InChI=1S/C16H23NO4/c1-10-7-6-8-12(11(10)2)9-13(14(18)19)17-15(20)21-16(3,4)5/h6-8,13H,9H2,1-5H3,(H,17,20)(H,18,19)/t13-/m1/s1. The Morgan fingerprint density at radius 1 is 1.29 bits per heavy atom. The molecule has 1 atom stereocenters. The third kappa shape index (κ3) is 5.45. The topological polar surface area (TPSA) is 75.6 Å². The van der Waals surface area contributed by atoms with Crippen LogP contribution in [0.15, 0.2) is 18.2 Å². The zero-order chi connectivity index (χ0) is 16.2. The van der Waals surface area contributed by atoms with Gasteiger partial charge in [0.05, 0.1) is 0 Å². The van der Waals surface area contributed by atoms with Crippen LogP contribution in [0.5, 0.6) is 0 Å². The Balaban J connectivity index is 2.82. The van der Waals surface area contributed by atoms with Gasteiger partial charge < -0.3 is 15.2 Å². The van der Waals surface area contributed by atoms with Gasteiger partial charge >= 0.3 is 12.1 Å². The average molecular weight is 293 g/mol. The number of carbonyl (C=O) groups excluding carboxylic acids is 1. The molecule has 1 aromatic rings. The Morgan fingerprint density at radius 2 is 1.90 bits per heavy atom. The number of carbonyl (C=O) groups is 2. The number of aliphatic carboxylic acids is 1. The normalized spacial score (nSPS) is 12.6. The maximum atomic E-state index is 11.7. The number of carboxylic acid groups (broad SMARTS) is 1. The molecule has 21 heavy (non-hydrogen) atoms. The Hall–Kier alpha value is -2.04. The summed E-state index contributed by atoms with van der Waals surface area (Å²) in [6.45, 7) is 9.10. The second-order valence-corrected chi connectivity index (χ2v) is 6.10. The largest absolute Gasteiger partial charge is 0.480 e. The summed E-state index contributed by atoms with van der Waals surface area (Å²) in [5.41, 5.74) is 2.37. The summed E-state index contributed by atoms with van der Waals surface area (Å²) in [6.07, 6.45) is -0.498. The van der Waals surface area contributed by atoms with Gasteiger partial charge in [-0.15, -0.1) is 0 Å². The summed E-state index contributed by atoms with van der Waals surface area (Å²) < 4.78 is 5.10. The van der Waals surface area contributed by atoms with E-state index in [0.717, 1.165) is 16.7 Å². The van der Waals surface area contributed by atoms with Crippen LogP contribution >= 0.6 is 0 Å². The second-order valence-electron chi connectivity index (χ2n) is 6.10. The molecule has 0 aliphatic heterocycles. The third-order valence-electron chi connectivity index (χ3n) is 3.13. The van der Waals surface area contributed by atoms with Crippen LogP contribution in [-0.2, 0) is 16.0 Å². The number of rotatable bonds is 4. The van der Waals surface area contributed by atoms with Gasteiger partial charge in [-0.3, -0.25) is 0 Å². The minimum Gasteiger partial charge on any atom is -0.480 e. The van der Waals surface area contributed by atoms with E-state index in [1.54, 1.807) is 20.8 Å². The molecule has 0 fully saturated rings. The van der Waals surface area contributed by atoms with E-state index in [9.17, 15) is 14.7 Å². The fraction of sp³-hybridized carbons (Fsp3) is 0.500. The fourth-order valence-corrected chi connectivity index (χ4v) is 1.90. The summed E-state index contributed by atoms with van der Waals surface area (Å²) in [4.78, 5) is 23.0. The summed E-state index contributed by atoms with van der Waals surface area (Å²) >= 11 is 0. The molecule has 1 amide bonds. The maximum Gasteiger partial charge on any atom is 0.408 e. The van der Waals surface area contributed by atoms with Gasteiger partial charge in [-0.05, 0) is 51.3 Å². The fourth-order valence-electron chi connectivity index (χ4n) is 1.90. The minimum absolute atomic E-state index is 0.224. The van der Waals surface area contributed by atoms with Crippen LogP contribution in [0.4, 0.5) is 4.79 Å². The first kappa shape index (κ1) is 17.0. The van der Waals surface area contributed by atoms with Crippen molar-refractivity contribution in [2.45, 2.75) is 52.7 Å². The molecule has 116 valence electrons. The summed E-state index contributed by atoms with van der Waals surface area (Å²) in [6, 6.07) is 4.70. The summed E-state index contributed by atoms with van der Waals surface area (Å²) in [5.74, 6) is -1.08. The molecule has 0 radical (unpaired) electrons. The number of carboxylic acids is 1. The lowest BCUT2D eigenvalue weighted by Gasteiger charge is -2.22. The van der Waals surface area contributed by atoms with E-state index in [1.807, 2.05) is 32.0 Å². The lowest BCUT2D eigenvalue weighted by molar-refractivity contribution is -0.139. The highest BCUT2D eigenvalue weighted by Gasteiger charge is 2.24. The molecule has 5 nitrogen and oxygen atoms in total. The van der Waals surface area contributed by atoms with Gasteiger partial charge in [0.1, 0.15) is 11.6 Å². The zero-order valence-corrected chi connectivity index (χ0v) is 13.2. The SMILES string of the molecule is Cc1cccc(C[C@@H](NC(=O)OC(C)(C)C)C(=O)O)c1C. The minimum atomic E-state index is -1.08. The smallest absolute Gasteiger partial charge is 0.408 e. The van der Waals surface area contributed by atoms with Crippen LogP contribution in [0.2, 0.25) is 0 Å². The summed E-state index contributed by atoms with van der Waals surface area (Å²) in [7, 11) is 0. The molecule has 0 saturated heterocycles. The highest BCUT2D eigenvalue weighted by atomic mass is 16.6. The molecule has 0 aliphatic carbocycles. The van der Waals surface area contributed by atoms with Crippen LogP contribution < -0.4 is 5.32 Å². The highest BCUT2D eigenvalue weighted by molar-refractivity contribution is 5.80. The van der Waals surface area contributed by atoms with Crippen molar-refractivity contribution in [2.24, 2.45) is 0 Å². The van der Waals surface area contributed by atoms with Gasteiger partial charge in [-0.2, -0.15) is 0 Å². The van der Waals surface area contributed by atoms with Crippen molar-refractivity contribution in [3.05, 3.63) is 34.9 Å². The van der Waals surface area contributed by atoms with E-state index in [1.165, 1.54) is 0 Å². The van der Waals surface area contributed by atoms with E-state index in [4.69, 9.17) is 4.74 Å². The van der Waals surface area contributed by atoms with Gasteiger partial charge in [-0.1, -0.05) is 18.2 Å². The van der Waals surface area contributed by atoms with Crippen LogP contribution in [-0.4, -0.2) is 28.8 Å². The first-order chi connectivity index (χ1) is 9.60. The Bertz CT molecular complexity index is 532. The first-order valence-corrected chi connectivity index (χ1v) is 6.87. The van der Waals surface area contributed by atoms with Crippen LogP contribution in [0.3, 0.4) is 0 Å². The predicted molar refractivity (Wildman–Crippen MR) is 80.4 cm³/mol. The predicted octanol–water partition coefficient (Wildman–Crippen LogP) is 2.82. The van der Waals surface area contributed by atoms with Crippen molar-refractivity contribution in [1.82, 2.24) is 5.32 Å². The van der Waals surface area contributed by atoms with Crippen LogP contribution in [0.1, 0.15) is 37.5 Å². The first-order valence-electron chi connectivity index (χ1n) is 6.87. The van der Waals surface area contributed by atoms with E-state index in [-0.39, 0.29) is 6.42 Å². The zero-order valence-electron chi connectivity index (χ0n) is 13.2. The maximum absolute atomic E-state index is 11.7.